The van der Waals surface area contributed by atoms with Crippen molar-refractivity contribution >= 4 is 22.3 Å². The number of hydrogen-bond donors (Lipinski definition) is 1. The van der Waals surface area contributed by atoms with Crippen molar-refractivity contribution < 1.29 is 32.1 Å². The number of nitrogens with one attached hydrogen (secondary N) is 1. The van der Waals surface area contributed by atoms with Gasteiger partial charge in [0.1, 0.15) is 17.2 Å². The Bertz CT molecular complexity index is 1240. The standard InChI is InChI=1S/C24H19F3N2O4/c1-30-22-13-19-20(14-23(22)31-2)28-12-11-21(19)32-17-7-3-15(4-8-17)29-16-5-9-18(10-6-16)33-24(25,26)27/h3-14,29H,1-2H3. The Balaban J connectivity index is 1.48. The molecule has 0 aliphatic rings. The lowest BCUT2D eigenvalue weighted by Gasteiger charge is -2.13. The molecule has 1 aromatic heterocycles. The maximum Gasteiger partial charge on any atom is 0.573 e. The molecule has 4 aromatic rings. The van der Waals surface area contributed by atoms with Gasteiger partial charge in [-0.1, -0.05) is 0 Å². The quantitative estimate of drug-likeness (QED) is 0.334. The summed E-state index contributed by atoms with van der Waals surface area (Å²) < 4.78 is 57.4. The van der Waals surface area contributed by atoms with E-state index in [2.05, 4.69) is 15.0 Å². The van der Waals surface area contributed by atoms with Crippen LogP contribution in [0.5, 0.6) is 28.7 Å². The van der Waals surface area contributed by atoms with Crippen molar-refractivity contribution in [3.8, 4) is 28.7 Å². The van der Waals surface area contributed by atoms with Crippen molar-refractivity contribution in [3.63, 3.8) is 0 Å². The molecular weight excluding hydrogens is 437 g/mol. The van der Waals surface area contributed by atoms with E-state index in [4.69, 9.17) is 14.2 Å². The van der Waals surface area contributed by atoms with Gasteiger partial charge in [0.05, 0.1) is 19.7 Å². The minimum absolute atomic E-state index is 0.282. The van der Waals surface area contributed by atoms with Gasteiger partial charge in [0.2, 0.25) is 0 Å². The van der Waals surface area contributed by atoms with E-state index in [0.717, 1.165) is 11.1 Å². The van der Waals surface area contributed by atoms with Crippen LogP contribution in [0, 0.1) is 0 Å². The van der Waals surface area contributed by atoms with Crippen LogP contribution in [0.2, 0.25) is 0 Å². The molecule has 0 aliphatic heterocycles. The van der Waals surface area contributed by atoms with Crippen molar-refractivity contribution in [1.82, 2.24) is 4.98 Å². The first-order valence-corrected chi connectivity index (χ1v) is 9.76. The molecule has 1 N–H and O–H groups in total. The molecule has 170 valence electrons. The third-order valence-electron chi connectivity index (χ3n) is 4.67. The zero-order valence-corrected chi connectivity index (χ0v) is 17.6. The molecule has 0 aliphatic carbocycles. The van der Waals surface area contributed by atoms with E-state index < -0.39 is 6.36 Å². The van der Waals surface area contributed by atoms with Gasteiger partial charge in [0, 0.05) is 29.0 Å². The third-order valence-corrected chi connectivity index (χ3v) is 4.67. The zero-order chi connectivity index (χ0) is 23.4. The number of methoxy groups -OCH3 is 2. The van der Waals surface area contributed by atoms with E-state index in [9.17, 15) is 13.2 Å². The van der Waals surface area contributed by atoms with Crippen LogP contribution >= 0.6 is 0 Å². The van der Waals surface area contributed by atoms with Gasteiger partial charge in [0.25, 0.3) is 0 Å². The van der Waals surface area contributed by atoms with E-state index >= 15 is 0 Å². The number of benzene rings is 3. The first kappa shape index (κ1) is 22.1. The Kier molecular flexibility index (Phi) is 6.12. The number of anilines is 2. The number of rotatable bonds is 7. The molecule has 0 bridgehead atoms. The highest BCUT2D eigenvalue weighted by Gasteiger charge is 2.30. The van der Waals surface area contributed by atoms with Gasteiger partial charge >= 0.3 is 6.36 Å². The molecule has 4 rings (SSSR count). The summed E-state index contributed by atoms with van der Waals surface area (Å²) in [4.78, 5) is 4.36. The van der Waals surface area contributed by atoms with Gasteiger partial charge in [-0.05, 0) is 60.7 Å². The molecule has 0 fully saturated rings. The second kappa shape index (κ2) is 9.15. The van der Waals surface area contributed by atoms with Crippen LogP contribution < -0.4 is 24.3 Å². The van der Waals surface area contributed by atoms with Crippen molar-refractivity contribution in [3.05, 3.63) is 72.9 Å². The number of nitrogens with zero attached hydrogens (tertiary/aromatic N) is 1. The van der Waals surface area contributed by atoms with Crippen molar-refractivity contribution in [2.24, 2.45) is 0 Å². The number of pyridine rings is 1. The molecule has 0 saturated carbocycles. The number of hydrogen-bond acceptors (Lipinski definition) is 6. The molecule has 0 radical (unpaired) electrons. The molecule has 33 heavy (non-hydrogen) atoms. The van der Waals surface area contributed by atoms with E-state index in [1.165, 1.54) is 24.3 Å². The lowest BCUT2D eigenvalue weighted by Crippen LogP contribution is -2.16. The van der Waals surface area contributed by atoms with E-state index in [-0.39, 0.29) is 5.75 Å². The lowest BCUT2D eigenvalue weighted by molar-refractivity contribution is -0.274. The fraction of sp³-hybridized carbons (Fsp3) is 0.125. The average molecular weight is 456 g/mol. The summed E-state index contributed by atoms with van der Waals surface area (Å²) in [6.07, 6.45) is -3.08. The Morgan fingerprint density at radius 1 is 0.727 bits per heavy atom. The molecule has 0 amide bonds. The molecule has 0 unspecified atom stereocenters. The minimum Gasteiger partial charge on any atom is -0.493 e. The highest BCUT2D eigenvalue weighted by atomic mass is 19.4. The topological polar surface area (TPSA) is 61.8 Å². The highest BCUT2D eigenvalue weighted by molar-refractivity contribution is 5.88. The van der Waals surface area contributed by atoms with Crippen LogP contribution in [0.4, 0.5) is 24.5 Å². The van der Waals surface area contributed by atoms with Gasteiger partial charge in [-0.15, -0.1) is 13.2 Å². The predicted octanol–water partition coefficient (Wildman–Crippen LogP) is 6.69. The summed E-state index contributed by atoms with van der Waals surface area (Å²) >= 11 is 0. The largest absolute Gasteiger partial charge is 0.573 e. The average Bonchev–Trinajstić information content (AvgIpc) is 2.80. The number of aromatic nitrogens is 1. The van der Waals surface area contributed by atoms with Crippen molar-refractivity contribution in [2.45, 2.75) is 6.36 Å². The minimum atomic E-state index is -4.72. The van der Waals surface area contributed by atoms with Crippen LogP contribution in [-0.2, 0) is 0 Å². The highest BCUT2D eigenvalue weighted by Crippen LogP contribution is 2.37. The summed E-state index contributed by atoms with van der Waals surface area (Å²) in [6.45, 7) is 0. The summed E-state index contributed by atoms with van der Waals surface area (Å²) in [5.74, 6) is 2.05. The fourth-order valence-electron chi connectivity index (χ4n) is 3.18. The zero-order valence-electron chi connectivity index (χ0n) is 17.6. The number of fused-ring (bicyclic) bond motifs is 1. The van der Waals surface area contributed by atoms with E-state index in [1.807, 2.05) is 0 Å². The molecule has 1 heterocycles. The molecule has 6 nitrogen and oxygen atoms in total. The predicted molar refractivity (Wildman–Crippen MR) is 118 cm³/mol. The van der Waals surface area contributed by atoms with E-state index in [0.29, 0.717) is 34.2 Å². The second-order valence-corrected chi connectivity index (χ2v) is 6.86. The van der Waals surface area contributed by atoms with Crippen molar-refractivity contribution in [2.75, 3.05) is 19.5 Å². The monoisotopic (exact) mass is 456 g/mol. The summed E-state index contributed by atoms with van der Waals surface area (Å²) in [7, 11) is 3.12. The second-order valence-electron chi connectivity index (χ2n) is 6.86. The smallest absolute Gasteiger partial charge is 0.493 e. The summed E-state index contributed by atoms with van der Waals surface area (Å²) in [5, 5.41) is 3.87. The first-order valence-electron chi connectivity index (χ1n) is 9.76. The normalized spacial score (nSPS) is 11.2. The first-order chi connectivity index (χ1) is 15.8. The molecule has 0 atom stereocenters. The molecule has 3 aromatic carbocycles. The molecule has 9 heteroatoms. The van der Waals surface area contributed by atoms with E-state index in [1.54, 1.807) is 62.9 Å². The van der Waals surface area contributed by atoms with Crippen LogP contribution in [0.15, 0.2) is 72.9 Å². The molecule has 0 spiro atoms. The maximum atomic E-state index is 12.3. The Hall–Kier alpha value is -4.14. The van der Waals surface area contributed by atoms with Crippen LogP contribution in [0.25, 0.3) is 10.9 Å². The Morgan fingerprint density at radius 3 is 1.88 bits per heavy atom. The van der Waals surface area contributed by atoms with Gasteiger partial charge < -0.3 is 24.3 Å². The lowest BCUT2D eigenvalue weighted by atomic mass is 10.2. The Morgan fingerprint density at radius 2 is 1.30 bits per heavy atom. The maximum absolute atomic E-state index is 12.3. The third kappa shape index (κ3) is 5.38. The number of ether oxygens (including phenoxy) is 4. The van der Waals surface area contributed by atoms with Crippen LogP contribution in [-0.4, -0.2) is 25.6 Å². The van der Waals surface area contributed by atoms with Crippen LogP contribution in [0.1, 0.15) is 0 Å². The summed E-state index contributed by atoms with van der Waals surface area (Å²) in [5.41, 5.74) is 2.04. The van der Waals surface area contributed by atoms with Gasteiger partial charge in [-0.3, -0.25) is 4.98 Å². The van der Waals surface area contributed by atoms with Crippen LogP contribution in [0.3, 0.4) is 0 Å². The van der Waals surface area contributed by atoms with Gasteiger partial charge in [-0.25, -0.2) is 0 Å². The van der Waals surface area contributed by atoms with Gasteiger partial charge in [-0.2, -0.15) is 0 Å². The van der Waals surface area contributed by atoms with Gasteiger partial charge in [0.15, 0.2) is 11.5 Å². The number of alkyl halides is 3. The number of halogens is 3. The van der Waals surface area contributed by atoms with Crippen molar-refractivity contribution in [1.29, 1.82) is 0 Å². The molecule has 0 saturated heterocycles. The SMILES string of the molecule is COc1cc2nccc(Oc3ccc(Nc4ccc(OC(F)(F)F)cc4)cc3)c2cc1OC. The Labute approximate surface area is 187 Å². The fourth-order valence-corrected chi connectivity index (χ4v) is 3.18. The summed E-state index contributed by atoms with van der Waals surface area (Å²) in [6, 6.07) is 17.9. The molecular formula is C24H19F3N2O4.